The Bertz CT molecular complexity index is 231. The SMILES string of the molecule is CCB(CC)CCCc1ccccn1. The van der Waals surface area contributed by atoms with Crippen molar-refractivity contribution in [3.63, 3.8) is 0 Å². The molecule has 0 fully saturated rings. The molecule has 0 bridgehead atoms. The van der Waals surface area contributed by atoms with Crippen LogP contribution in [0.4, 0.5) is 0 Å². The van der Waals surface area contributed by atoms with Gasteiger partial charge in [-0.1, -0.05) is 45.3 Å². The lowest BCUT2D eigenvalue weighted by Gasteiger charge is -2.07. The van der Waals surface area contributed by atoms with Crippen molar-refractivity contribution in [3.05, 3.63) is 30.1 Å². The predicted molar refractivity (Wildman–Crippen MR) is 64.1 cm³/mol. The van der Waals surface area contributed by atoms with Gasteiger partial charge in [-0.2, -0.15) is 0 Å². The fraction of sp³-hybridized carbons (Fsp3) is 0.583. The lowest BCUT2D eigenvalue weighted by atomic mass is 9.43. The van der Waals surface area contributed by atoms with Crippen LogP contribution in [-0.2, 0) is 6.42 Å². The zero-order valence-corrected chi connectivity index (χ0v) is 9.37. The van der Waals surface area contributed by atoms with E-state index < -0.39 is 0 Å². The van der Waals surface area contributed by atoms with Gasteiger partial charge in [-0.15, -0.1) is 0 Å². The molecule has 0 spiro atoms. The minimum Gasteiger partial charge on any atom is -0.261 e. The monoisotopic (exact) mass is 189 g/mol. The Labute approximate surface area is 88.0 Å². The zero-order chi connectivity index (χ0) is 10.2. The van der Waals surface area contributed by atoms with E-state index in [0.717, 1.165) is 13.1 Å². The van der Waals surface area contributed by atoms with Crippen LogP contribution in [0.1, 0.15) is 26.0 Å². The number of aryl methyl sites for hydroxylation is 1. The van der Waals surface area contributed by atoms with E-state index in [9.17, 15) is 0 Å². The average molecular weight is 189 g/mol. The van der Waals surface area contributed by atoms with Crippen molar-refractivity contribution in [1.82, 2.24) is 4.98 Å². The molecule has 0 unspecified atom stereocenters. The molecule has 0 aliphatic carbocycles. The maximum absolute atomic E-state index is 4.33. The Kier molecular flexibility index (Phi) is 5.35. The predicted octanol–water partition coefficient (Wildman–Crippen LogP) is 3.55. The van der Waals surface area contributed by atoms with Crippen molar-refractivity contribution in [2.24, 2.45) is 0 Å². The number of pyridine rings is 1. The Hall–Kier alpha value is -0.785. The molecule has 0 atom stereocenters. The molecule has 0 aromatic carbocycles. The summed E-state index contributed by atoms with van der Waals surface area (Å²) in [4.78, 5) is 4.33. The van der Waals surface area contributed by atoms with Crippen LogP contribution in [0.3, 0.4) is 0 Å². The summed E-state index contributed by atoms with van der Waals surface area (Å²) in [6.45, 7) is 5.49. The van der Waals surface area contributed by atoms with Crippen molar-refractivity contribution < 1.29 is 0 Å². The second kappa shape index (κ2) is 6.64. The Morgan fingerprint density at radius 1 is 1.21 bits per heavy atom. The van der Waals surface area contributed by atoms with Crippen LogP contribution >= 0.6 is 0 Å². The molecule has 0 aliphatic heterocycles. The summed E-state index contributed by atoms with van der Waals surface area (Å²) >= 11 is 0. The molecular weight excluding hydrogens is 169 g/mol. The third kappa shape index (κ3) is 3.95. The smallest absolute Gasteiger partial charge is 0.139 e. The van der Waals surface area contributed by atoms with Crippen LogP contribution in [0, 0.1) is 0 Å². The minimum absolute atomic E-state index is 0.915. The van der Waals surface area contributed by atoms with Gasteiger partial charge >= 0.3 is 0 Å². The van der Waals surface area contributed by atoms with Crippen LogP contribution < -0.4 is 0 Å². The molecule has 0 aliphatic rings. The first-order valence-electron chi connectivity index (χ1n) is 5.76. The standard InChI is InChI=1S/C12H20BN/c1-3-13(4-2)10-7-9-12-8-5-6-11-14-12/h5-6,8,11H,3-4,7,9-10H2,1-2H3. The van der Waals surface area contributed by atoms with E-state index in [4.69, 9.17) is 0 Å². The second-order valence-electron chi connectivity index (χ2n) is 3.90. The highest BCUT2D eigenvalue weighted by atomic mass is 14.7. The van der Waals surface area contributed by atoms with Gasteiger partial charge in [-0.05, 0) is 18.6 Å². The normalized spacial score (nSPS) is 10.1. The molecule has 0 radical (unpaired) electrons. The molecule has 14 heavy (non-hydrogen) atoms. The lowest BCUT2D eigenvalue weighted by Crippen LogP contribution is -2.08. The second-order valence-corrected chi connectivity index (χ2v) is 3.90. The van der Waals surface area contributed by atoms with Crippen LogP contribution in [0.2, 0.25) is 19.0 Å². The molecule has 1 rings (SSSR count). The molecule has 0 N–H and O–H groups in total. The van der Waals surface area contributed by atoms with Crippen LogP contribution in [0.15, 0.2) is 24.4 Å². The molecule has 1 aromatic heterocycles. The van der Waals surface area contributed by atoms with E-state index in [1.807, 2.05) is 12.3 Å². The van der Waals surface area contributed by atoms with Crippen molar-refractivity contribution in [1.29, 1.82) is 0 Å². The van der Waals surface area contributed by atoms with E-state index in [1.54, 1.807) is 0 Å². The highest BCUT2D eigenvalue weighted by Crippen LogP contribution is 2.10. The molecule has 1 heterocycles. The molecule has 0 saturated heterocycles. The fourth-order valence-electron chi connectivity index (χ4n) is 1.81. The summed E-state index contributed by atoms with van der Waals surface area (Å²) in [5, 5.41) is 0. The number of nitrogens with zero attached hydrogens (tertiary/aromatic N) is 1. The maximum atomic E-state index is 4.33. The third-order valence-electron chi connectivity index (χ3n) is 2.93. The first-order valence-corrected chi connectivity index (χ1v) is 5.76. The Morgan fingerprint density at radius 3 is 2.57 bits per heavy atom. The number of aromatic nitrogens is 1. The van der Waals surface area contributed by atoms with Gasteiger partial charge in [0.05, 0.1) is 0 Å². The highest BCUT2D eigenvalue weighted by molar-refractivity contribution is 6.58. The maximum Gasteiger partial charge on any atom is 0.139 e. The van der Waals surface area contributed by atoms with Gasteiger partial charge in [0, 0.05) is 11.9 Å². The van der Waals surface area contributed by atoms with Gasteiger partial charge in [0.2, 0.25) is 0 Å². The molecule has 2 heteroatoms. The van der Waals surface area contributed by atoms with Crippen molar-refractivity contribution in [3.8, 4) is 0 Å². The molecule has 0 saturated carbocycles. The lowest BCUT2D eigenvalue weighted by molar-refractivity contribution is 0.867. The van der Waals surface area contributed by atoms with Crippen molar-refractivity contribution in [2.75, 3.05) is 0 Å². The highest BCUT2D eigenvalue weighted by Gasteiger charge is 2.07. The zero-order valence-electron chi connectivity index (χ0n) is 9.37. The third-order valence-corrected chi connectivity index (χ3v) is 2.93. The Morgan fingerprint density at radius 2 is 2.00 bits per heavy atom. The van der Waals surface area contributed by atoms with E-state index >= 15 is 0 Å². The van der Waals surface area contributed by atoms with Crippen LogP contribution in [0.25, 0.3) is 0 Å². The largest absolute Gasteiger partial charge is 0.261 e. The number of hydrogen-bond acceptors (Lipinski definition) is 1. The average Bonchev–Trinajstić information content (AvgIpc) is 2.26. The van der Waals surface area contributed by atoms with Gasteiger partial charge in [-0.25, -0.2) is 0 Å². The number of hydrogen-bond donors (Lipinski definition) is 0. The summed E-state index contributed by atoms with van der Waals surface area (Å²) in [5.74, 6) is 0. The van der Waals surface area contributed by atoms with Crippen LogP contribution in [0.5, 0.6) is 0 Å². The summed E-state index contributed by atoms with van der Waals surface area (Å²) < 4.78 is 0. The molecule has 0 amide bonds. The van der Waals surface area contributed by atoms with Crippen LogP contribution in [-0.4, -0.2) is 11.7 Å². The van der Waals surface area contributed by atoms with Gasteiger partial charge < -0.3 is 0 Å². The first kappa shape index (κ1) is 11.3. The molecule has 76 valence electrons. The van der Waals surface area contributed by atoms with Gasteiger partial charge in [-0.3, -0.25) is 4.98 Å². The molecule has 1 aromatic rings. The van der Waals surface area contributed by atoms with Gasteiger partial charge in [0.15, 0.2) is 0 Å². The number of rotatable bonds is 6. The molecule has 1 nitrogen and oxygen atoms in total. The van der Waals surface area contributed by atoms with E-state index in [-0.39, 0.29) is 0 Å². The Balaban J connectivity index is 2.21. The quantitative estimate of drug-likeness (QED) is 0.623. The van der Waals surface area contributed by atoms with Gasteiger partial charge in [0.1, 0.15) is 6.71 Å². The van der Waals surface area contributed by atoms with Gasteiger partial charge in [0.25, 0.3) is 0 Å². The first-order chi connectivity index (χ1) is 6.86. The summed E-state index contributed by atoms with van der Waals surface area (Å²) in [6.07, 6.45) is 8.29. The van der Waals surface area contributed by atoms with Crippen molar-refractivity contribution in [2.45, 2.75) is 45.6 Å². The van der Waals surface area contributed by atoms with E-state index in [2.05, 4.69) is 31.0 Å². The topological polar surface area (TPSA) is 12.9 Å². The summed E-state index contributed by atoms with van der Waals surface area (Å²) in [5.41, 5.74) is 1.23. The molecular formula is C12H20BN. The minimum atomic E-state index is 0.915. The van der Waals surface area contributed by atoms with E-state index in [0.29, 0.717) is 0 Å². The summed E-state index contributed by atoms with van der Waals surface area (Å²) in [6, 6.07) is 6.16. The fourth-order valence-corrected chi connectivity index (χ4v) is 1.81. The van der Waals surface area contributed by atoms with E-state index in [1.165, 1.54) is 31.1 Å². The summed E-state index contributed by atoms with van der Waals surface area (Å²) in [7, 11) is 0. The van der Waals surface area contributed by atoms with Crippen molar-refractivity contribution >= 4 is 6.71 Å².